The molecule has 0 bridgehead atoms. The van der Waals surface area contributed by atoms with E-state index in [-0.39, 0.29) is 17.3 Å². The van der Waals surface area contributed by atoms with Gasteiger partial charge < -0.3 is 10.2 Å². The van der Waals surface area contributed by atoms with Crippen LogP contribution in [0.5, 0.6) is 0 Å². The number of amides is 2. The molecule has 0 saturated carbocycles. The largest absolute Gasteiger partial charge is 0.355 e. The van der Waals surface area contributed by atoms with Gasteiger partial charge in [0.15, 0.2) is 0 Å². The van der Waals surface area contributed by atoms with Crippen molar-refractivity contribution in [1.29, 1.82) is 0 Å². The number of halogens is 2. The molecule has 2 amide bonds. The first-order valence-corrected chi connectivity index (χ1v) is 14.8. The maximum Gasteiger partial charge on any atom is 0.264 e. The molecule has 0 aliphatic carbocycles. The number of benzene rings is 3. The Morgan fingerprint density at radius 2 is 1.59 bits per heavy atom. The summed E-state index contributed by atoms with van der Waals surface area (Å²) in [5.41, 5.74) is 2.76. The van der Waals surface area contributed by atoms with Gasteiger partial charge in [-0.25, -0.2) is 8.42 Å². The molecular weight excluding hydrogens is 557 g/mol. The molecule has 0 heterocycles. The monoisotopic (exact) mass is 589 g/mol. The lowest BCUT2D eigenvalue weighted by molar-refractivity contribution is -0.140. The molecule has 1 N–H and O–H groups in total. The summed E-state index contributed by atoms with van der Waals surface area (Å²) in [4.78, 5) is 28.5. The second kappa shape index (κ2) is 13.3. The van der Waals surface area contributed by atoms with Crippen LogP contribution in [0.2, 0.25) is 10.0 Å². The molecule has 10 heteroatoms. The highest BCUT2D eigenvalue weighted by atomic mass is 35.5. The van der Waals surface area contributed by atoms with Gasteiger partial charge in [0.2, 0.25) is 11.8 Å². The zero-order valence-electron chi connectivity index (χ0n) is 22.4. The quantitative estimate of drug-likeness (QED) is 0.308. The first-order valence-electron chi connectivity index (χ1n) is 12.6. The van der Waals surface area contributed by atoms with Crippen LogP contribution in [0.1, 0.15) is 37.0 Å². The summed E-state index contributed by atoms with van der Waals surface area (Å²) < 4.78 is 28.8. The van der Waals surface area contributed by atoms with Crippen LogP contribution in [-0.4, -0.2) is 44.3 Å². The molecule has 3 rings (SSSR count). The van der Waals surface area contributed by atoms with Crippen molar-refractivity contribution in [3.63, 3.8) is 0 Å². The summed E-state index contributed by atoms with van der Waals surface area (Å²) in [5.74, 6) is -0.853. The maximum absolute atomic E-state index is 14.0. The van der Waals surface area contributed by atoms with Crippen LogP contribution in [0, 0.1) is 13.8 Å². The Labute approximate surface area is 240 Å². The van der Waals surface area contributed by atoms with Gasteiger partial charge in [-0.1, -0.05) is 66.0 Å². The molecule has 208 valence electrons. The first kappa shape index (κ1) is 30.5. The van der Waals surface area contributed by atoms with Crippen LogP contribution in [0.3, 0.4) is 0 Å². The van der Waals surface area contributed by atoms with E-state index in [0.29, 0.717) is 34.3 Å². The summed E-state index contributed by atoms with van der Waals surface area (Å²) in [7, 11) is -4.12. The van der Waals surface area contributed by atoms with Crippen molar-refractivity contribution in [3.8, 4) is 0 Å². The van der Waals surface area contributed by atoms with Crippen molar-refractivity contribution in [2.24, 2.45) is 0 Å². The molecule has 3 aromatic carbocycles. The SMILES string of the molecule is CCNC(=O)[C@@H](CC)N(Cc1ccc(Cl)c(Cl)c1)C(=O)CN(c1cccc(C)c1)S(=O)(=O)c1ccc(C)cc1. The molecule has 0 radical (unpaired) electrons. The van der Waals surface area contributed by atoms with Gasteiger partial charge in [-0.2, -0.15) is 0 Å². The Hall–Kier alpha value is -3.07. The lowest BCUT2D eigenvalue weighted by Gasteiger charge is -2.33. The van der Waals surface area contributed by atoms with E-state index in [9.17, 15) is 18.0 Å². The number of rotatable bonds is 11. The van der Waals surface area contributed by atoms with E-state index in [0.717, 1.165) is 15.4 Å². The number of sulfonamides is 1. The summed E-state index contributed by atoms with van der Waals surface area (Å²) >= 11 is 12.3. The van der Waals surface area contributed by atoms with Gasteiger partial charge in [0.05, 0.1) is 20.6 Å². The van der Waals surface area contributed by atoms with E-state index < -0.39 is 28.5 Å². The van der Waals surface area contributed by atoms with Crippen LogP contribution in [0.4, 0.5) is 5.69 Å². The minimum atomic E-state index is -4.12. The Morgan fingerprint density at radius 3 is 2.18 bits per heavy atom. The van der Waals surface area contributed by atoms with Crippen LogP contribution in [0.15, 0.2) is 71.6 Å². The van der Waals surface area contributed by atoms with Crippen molar-refractivity contribution in [1.82, 2.24) is 10.2 Å². The number of likely N-dealkylation sites (N-methyl/N-ethyl adjacent to an activating group) is 1. The fourth-order valence-corrected chi connectivity index (χ4v) is 5.92. The third-order valence-corrected chi connectivity index (χ3v) is 8.78. The van der Waals surface area contributed by atoms with E-state index >= 15 is 0 Å². The molecule has 39 heavy (non-hydrogen) atoms. The molecule has 3 aromatic rings. The van der Waals surface area contributed by atoms with E-state index in [1.807, 2.05) is 19.9 Å². The van der Waals surface area contributed by atoms with E-state index in [2.05, 4.69) is 5.32 Å². The van der Waals surface area contributed by atoms with Crippen molar-refractivity contribution >= 4 is 50.7 Å². The number of nitrogens with zero attached hydrogens (tertiary/aromatic N) is 2. The highest BCUT2D eigenvalue weighted by Gasteiger charge is 2.33. The smallest absolute Gasteiger partial charge is 0.264 e. The van der Waals surface area contributed by atoms with E-state index in [4.69, 9.17) is 23.2 Å². The number of anilines is 1. The van der Waals surface area contributed by atoms with Gasteiger partial charge in [-0.3, -0.25) is 13.9 Å². The van der Waals surface area contributed by atoms with Gasteiger partial charge in [-0.05, 0) is 74.7 Å². The summed E-state index contributed by atoms with van der Waals surface area (Å²) in [6.07, 6.45) is 0.327. The molecule has 0 spiro atoms. The highest BCUT2D eigenvalue weighted by molar-refractivity contribution is 7.92. The van der Waals surface area contributed by atoms with Crippen molar-refractivity contribution < 1.29 is 18.0 Å². The Bertz CT molecular complexity index is 1430. The van der Waals surface area contributed by atoms with Crippen LogP contribution >= 0.6 is 23.2 Å². The number of aryl methyl sites for hydroxylation is 2. The van der Waals surface area contributed by atoms with Gasteiger partial charge in [-0.15, -0.1) is 0 Å². The van der Waals surface area contributed by atoms with E-state index in [1.165, 1.54) is 17.0 Å². The normalized spacial score (nSPS) is 12.1. The van der Waals surface area contributed by atoms with Crippen LogP contribution < -0.4 is 9.62 Å². The minimum Gasteiger partial charge on any atom is -0.355 e. The summed E-state index contributed by atoms with van der Waals surface area (Å²) in [5, 5.41) is 3.46. The van der Waals surface area contributed by atoms with Gasteiger partial charge in [0.25, 0.3) is 10.0 Å². The molecule has 0 aliphatic heterocycles. The number of hydrogen-bond acceptors (Lipinski definition) is 4. The summed E-state index contributed by atoms with van der Waals surface area (Å²) in [6.45, 7) is 7.24. The van der Waals surface area contributed by atoms with Gasteiger partial charge >= 0.3 is 0 Å². The van der Waals surface area contributed by atoms with Crippen LogP contribution in [0.25, 0.3) is 0 Å². The lowest BCUT2D eigenvalue weighted by Crippen LogP contribution is -2.52. The average Bonchev–Trinajstić information content (AvgIpc) is 2.89. The van der Waals surface area contributed by atoms with E-state index in [1.54, 1.807) is 62.4 Å². The molecule has 0 saturated heterocycles. The number of carbonyl (C=O) groups is 2. The molecule has 0 aromatic heterocycles. The van der Waals surface area contributed by atoms with Crippen molar-refractivity contribution in [2.45, 2.75) is 51.6 Å². The highest BCUT2D eigenvalue weighted by Crippen LogP contribution is 2.27. The number of nitrogens with one attached hydrogen (secondary N) is 1. The van der Waals surface area contributed by atoms with Crippen molar-refractivity contribution in [3.05, 3.63) is 93.5 Å². The third kappa shape index (κ3) is 7.53. The number of carbonyl (C=O) groups excluding carboxylic acids is 2. The zero-order chi connectivity index (χ0) is 28.7. The molecule has 0 aliphatic rings. The predicted molar refractivity (Wildman–Crippen MR) is 157 cm³/mol. The summed E-state index contributed by atoms with van der Waals surface area (Å²) in [6, 6.07) is 17.6. The topological polar surface area (TPSA) is 86.8 Å². The lowest BCUT2D eigenvalue weighted by atomic mass is 10.1. The molecule has 7 nitrogen and oxygen atoms in total. The molecular formula is C29H33Cl2N3O4S. The van der Waals surface area contributed by atoms with Crippen molar-refractivity contribution in [2.75, 3.05) is 17.4 Å². The first-order chi connectivity index (χ1) is 18.5. The minimum absolute atomic E-state index is 0.0393. The second-order valence-corrected chi connectivity index (χ2v) is 11.9. The predicted octanol–water partition coefficient (Wildman–Crippen LogP) is 5.75. The zero-order valence-corrected chi connectivity index (χ0v) is 24.8. The Balaban J connectivity index is 2.07. The van der Waals surface area contributed by atoms with Gasteiger partial charge in [0, 0.05) is 13.1 Å². The van der Waals surface area contributed by atoms with Crippen LogP contribution in [-0.2, 0) is 26.2 Å². The average molecular weight is 591 g/mol. The fraction of sp³-hybridized carbons (Fsp3) is 0.310. The maximum atomic E-state index is 14.0. The molecule has 0 fully saturated rings. The van der Waals surface area contributed by atoms with Gasteiger partial charge in [0.1, 0.15) is 12.6 Å². The fourth-order valence-electron chi connectivity index (χ4n) is 4.20. The molecule has 0 unspecified atom stereocenters. The Kier molecular flexibility index (Phi) is 10.4. The standard InChI is InChI=1S/C29H33Cl2N3O4S/c1-5-27(29(36)32-6-2)33(18-22-12-15-25(30)26(31)17-22)28(35)19-34(23-9-7-8-21(4)16-23)39(37,38)24-13-10-20(3)11-14-24/h7-17,27H,5-6,18-19H2,1-4H3,(H,32,36)/t27-/m1/s1. The third-order valence-electron chi connectivity index (χ3n) is 6.25. The number of hydrogen-bond donors (Lipinski definition) is 1. The molecule has 1 atom stereocenters. The second-order valence-electron chi connectivity index (χ2n) is 9.25. The Morgan fingerprint density at radius 1 is 0.897 bits per heavy atom.